The summed E-state index contributed by atoms with van der Waals surface area (Å²) in [5, 5.41) is -0.397. The van der Waals surface area contributed by atoms with Crippen molar-refractivity contribution in [2.45, 2.75) is 45.2 Å². The summed E-state index contributed by atoms with van der Waals surface area (Å²) in [6.07, 6.45) is 5.01. The van der Waals surface area contributed by atoms with Gasteiger partial charge in [0.15, 0.2) is 0 Å². The van der Waals surface area contributed by atoms with Gasteiger partial charge in [0.25, 0.3) is 0 Å². The van der Waals surface area contributed by atoms with E-state index in [0.29, 0.717) is 0 Å². The van der Waals surface area contributed by atoms with E-state index < -0.39 is 5.12 Å². The first-order valence-corrected chi connectivity index (χ1v) is 6.30. The second-order valence-electron chi connectivity index (χ2n) is 2.94. The van der Waals surface area contributed by atoms with Crippen molar-refractivity contribution in [3.8, 4) is 0 Å². The fraction of sp³-hybridized carbons (Fsp3) is 1.00. The van der Waals surface area contributed by atoms with Crippen LogP contribution in [0.1, 0.15) is 40.0 Å². The zero-order valence-corrected chi connectivity index (χ0v) is 10.1. The number of ether oxygens (including phenoxy) is 2. The molecule has 0 aromatic heterocycles. The molecule has 0 fully saturated rings. The number of thioether (sulfide) groups is 1. The molecule has 0 aromatic rings. The van der Waals surface area contributed by atoms with Gasteiger partial charge in [0.2, 0.25) is 5.12 Å². The Hall–Kier alpha value is 0.270. The Morgan fingerprint density at radius 2 is 1.46 bits per heavy atom. The van der Waals surface area contributed by atoms with Crippen LogP contribution in [0.15, 0.2) is 0 Å². The van der Waals surface area contributed by atoms with Crippen LogP contribution in [-0.4, -0.2) is 24.6 Å². The highest BCUT2D eigenvalue weighted by Gasteiger charge is 2.28. The maximum Gasteiger partial charge on any atom is 0.217 e. The van der Waals surface area contributed by atoms with E-state index in [0.717, 1.165) is 32.5 Å². The predicted octanol–water partition coefficient (Wildman–Crippen LogP) is 3.27. The topological polar surface area (TPSA) is 18.5 Å². The fourth-order valence-electron chi connectivity index (χ4n) is 1.02. The molecule has 3 heteroatoms. The average Bonchev–Trinajstić information content (AvgIpc) is 2.20. The molecule has 0 amide bonds. The number of hydrogen-bond acceptors (Lipinski definition) is 3. The summed E-state index contributed by atoms with van der Waals surface area (Å²) in [7, 11) is 0. The number of rotatable bonds is 8. The second kappa shape index (κ2) is 7.65. The van der Waals surface area contributed by atoms with Crippen LogP contribution in [0.2, 0.25) is 0 Å². The van der Waals surface area contributed by atoms with Crippen molar-refractivity contribution in [2.24, 2.45) is 0 Å². The van der Waals surface area contributed by atoms with E-state index in [4.69, 9.17) is 9.47 Å². The normalized spacial score (nSPS) is 12.0. The molecule has 0 heterocycles. The fourth-order valence-corrected chi connectivity index (χ4v) is 1.71. The van der Waals surface area contributed by atoms with Crippen molar-refractivity contribution in [1.82, 2.24) is 0 Å². The average molecular weight is 206 g/mol. The van der Waals surface area contributed by atoms with Gasteiger partial charge in [-0.3, -0.25) is 0 Å². The molecule has 0 saturated heterocycles. The first-order valence-electron chi connectivity index (χ1n) is 5.07. The first kappa shape index (κ1) is 13.3. The molecule has 0 aliphatic rings. The van der Waals surface area contributed by atoms with Crippen LogP contribution in [0.5, 0.6) is 0 Å². The van der Waals surface area contributed by atoms with E-state index in [2.05, 4.69) is 20.8 Å². The molecule has 0 spiro atoms. The maximum absolute atomic E-state index is 5.72. The monoisotopic (exact) mass is 206 g/mol. The molecule has 0 atom stereocenters. The molecule has 0 radical (unpaired) electrons. The molecule has 0 bridgehead atoms. The van der Waals surface area contributed by atoms with Crippen LogP contribution < -0.4 is 0 Å². The maximum atomic E-state index is 5.72. The lowest BCUT2D eigenvalue weighted by atomic mass is 10.4. The SMILES string of the molecule is CCCOC(CC)(OCCC)SC. The third-order valence-corrected chi connectivity index (χ3v) is 2.94. The summed E-state index contributed by atoms with van der Waals surface area (Å²) in [6.45, 7) is 7.87. The van der Waals surface area contributed by atoms with E-state index in [1.807, 2.05) is 6.26 Å². The van der Waals surface area contributed by atoms with Crippen LogP contribution in [0.25, 0.3) is 0 Å². The molecule has 0 aromatic carbocycles. The lowest BCUT2D eigenvalue weighted by Gasteiger charge is -2.30. The predicted molar refractivity (Wildman–Crippen MR) is 59.0 cm³/mol. The highest BCUT2D eigenvalue weighted by molar-refractivity contribution is 7.99. The van der Waals surface area contributed by atoms with Crippen molar-refractivity contribution in [3.63, 3.8) is 0 Å². The largest absolute Gasteiger partial charge is 0.341 e. The number of hydrogen-bond donors (Lipinski definition) is 0. The van der Waals surface area contributed by atoms with Crippen molar-refractivity contribution in [3.05, 3.63) is 0 Å². The Balaban J connectivity index is 3.97. The molecule has 0 rings (SSSR count). The Morgan fingerprint density at radius 1 is 1.00 bits per heavy atom. The van der Waals surface area contributed by atoms with Crippen LogP contribution in [0.3, 0.4) is 0 Å². The standard InChI is InChI=1S/C10H22O2S/c1-5-8-11-10(7-3,13-4)12-9-6-2/h5-9H2,1-4H3. The second-order valence-corrected chi connectivity index (χ2v) is 3.97. The van der Waals surface area contributed by atoms with E-state index in [1.165, 1.54) is 0 Å². The minimum atomic E-state index is -0.397. The Kier molecular flexibility index (Phi) is 7.81. The molecular weight excluding hydrogens is 184 g/mol. The van der Waals surface area contributed by atoms with Gasteiger partial charge in [-0.1, -0.05) is 20.8 Å². The zero-order chi connectivity index (χ0) is 10.2. The Labute approximate surface area is 86.4 Å². The summed E-state index contributed by atoms with van der Waals surface area (Å²) >= 11 is 1.65. The highest BCUT2D eigenvalue weighted by Crippen LogP contribution is 2.30. The van der Waals surface area contributed by atoms with Crippen molar-refractivity contribution >= 4 is 11.8 Å². The summed E-state index contributed by atoms with van der Waals surface area (Å²) in [5.41, 5.74) is 0. The van der Waals surface area contributed by atoms with Gasteiger partial charge in [-0.05, 0) is 19.1 Å². The van der Waals surface area contributed by atoms with Gasteiger partial charge >= 0.3 is 0 Å². The molecule has 2 nitrogen and oxygen atoms in total. The Bertz CT molecular complexity index is 103. The van der Waals surface area contributed by atoms with Gasteiger partial charge in [-0.15, -0.1) is 11.8 Å². The third kappa shape index (κ3) is 4.89. The molecule has 0 N–H and O–H groups in total. The van der Waals surface area contributed by atoms with Crippen molar-refractivity contribution in [1.29, 1.82) is 0 Å². The molecule has 80 valence electrons. The van der Waals surface area contributed by atoms with Crippen molar-refractivity contribution in [2.75, 3.05) is 19.5 Å². The van der Waals surface area contributed by atoms with Gasteiger partial charge in [0.05, 0.1) is 13.2 Å². The van der Waals surface area contributed by atoms with Gasteiger partial charge in [-0.2, -0.15) is 0 Å². The molecule has 13 heavy (non-hydrogen) atoms. The van der Waals surface area contributed by atoms with E-state index >= 15 is 0 Å². The van der Waals surface area contributed by atoms with Gasteiger partial charge in [0.1, 0.15) is 0 Å². The lowest BCUT2D eigenvalue weighted by Crippen LogP contribution is -2.32. The zero-order valence-electron chi connectivity index (χ0n) is 9.26. The molecule has 0 aliphatic heterocycles. The summed E-state index contributed by atoms with van der Waals surface area (Å²) in [4.78, 5) is 0. The summed E-state index contributed by atoms with van der Waals surface area (Å²) < 4.78 is 11.4. The Morgan fingerprint density at radius 3 is 1.69 bits per heavy atom. The minimum Gasteiger partial charge on any atom is -0.341 e. The summed E-state index contributed by atoms with van der Waals surface area (Å²) in [5.74, 6) is 0. The van der Waals surface area contributed by atoms with Gasteiger partial charge < -0.3 is 9.47 Å². The van der Waals surface area contributed by atoms with E-state index in [-0.39, 0.29) is 0 Å². The lowest BCUT2D eigenvalue weighted by molar-refractivity contribution is -0.172. The molecular formula is C10H22O2S. The van der Waals surface area contributed by atoms with Crippen LogP contribution in [0, 0.1) is 0 Å². The van der Waals surface area contributed by atoms with Gasteiger partial charge in [-0.25, -0.2) is 0 Å². The molecule has 0 saturated carbocycles. The summed E-state index contributed by atoms with van der Waals surface area (Å²) in [6, 6.07) is 0. The minimum absolute atomic E-state index is 0.397. The third-order valence-electron chi connectivity index (χ3n) is 1.80. The van der Waals surface area contributed by atoms with Crippen LogP contribution >= 0.6 is 11.8 Å². The van der Waals surface area contributed by atoms with Gasteiger partial charge in [0, 0.05) is 6.42 Å². The molecule has 0 unspecified atom stereocenters. The highest BCUT2D eigenvalue weighted by atomic mass is 32.2. The molecule has 0 aliphatic carbocycles. The first-order chi connectivity index (χ1) is 6.24. The van der Waals surface area contributed by atoms with Crippen LogP contribution in [-0.2, 0) is 9.47 Å². The van der Waals surface area contributed by atoms with E-state index in [9.17, 15) is 0 Å². The van der Waals surface area contributed by atoms with E-state index in [1.54, 1.807) is 11.8 Å². The smallest absolute Gasteiger partial charge is 0.217 e. The van der Waals surface area contributed by atoms with Crippen LogP contribution in [0.4, 0.5) is 0 Å². The quantitative estimate of drug-likeness (QED) is 0.568. The van der Waals surface area contributed by atoms with Crippen molar-refractivity contribution < 1.29 is 9.47 Å².